The molecular formula is C49H56O25. The van der Waals surface area contributed by atoms with Crippen LogP contribution in [0.25, 0.3) is 0 Å². The molecule has 4 saturated carbocycles. The second kappa shape index (κ2) is 22.5. The molecule has 9 rings (SSSR count). The third-order valence-electron chi connectivity index (χ3n) is 14.8. The average molecular weight is 1040 g/mol. The normalized spacial score (nSPS) is 34.8. The van der Waals surface area contributed by atoms with Gasteiger partial charge in [0.15, 0.2) is 12.2 Å². The number of hydrogen-bond donors (Lipinski definition) is 3. The summed E-state index contributed by atoms with van der Waals surface area (Å²) in [6.07, 6.45) is -2.85. The molecule has 25 nitrogen and oxygen atoms in total. The maximum absolute atomic E-state index is 12.0. The van der Waals surface area contributed by atoms with Gasteiger partial charge in [0.05, 0.1) is 43.5 Å². The summed E-state index contributed by atoms with van der Waals surface area (Å²) < 4.78 is 51.8. The summed E-state index contributed by atoms with van der Waals surface area (Å²) in [6, 6.07) is 0. The Morgan fingerprint density at radius 3 is 1.28 bits per heavy atom. The molecule has 0 aromatic carbocycles. The Kier molecular flexibility index (Phi) is 16.6. The van der Waals surface area contributed by atoms with Gasteiger partial charge in [-0.1, -0.05) is 19.7 Å². The fourth-order valence-electron chi connectivity index (χ4n) is 11.8. The Balaban J connectivity index is 0.000000162. The molecule has 18 atom stereocenters. The molecule has 18 unspecified atom stereocenters. The van der Waals surface area contributed by atoms with Crippen molar-refractivity contribution in [2.45, 2.75) is 114 Å². The summed E-state index contributed by atoms with van der Waals surface area (Å²) in [5.41, 5.74) is 0.542. The maximum atomic E-state index is 12.0. The number of rotatable bonds is 21. The average Bonchev–Trinajstić information content (AvgIpc) is 4.23. The maximum Gasteiger partial charge on any atom is 0.333 e. The number of carboxylic acids is 3. The third-order valence-corrected chi connectivity index (χ3v) is 14.8. The van der Waals surface area contributed by atoms with Crippen LogP contribution in [0.3, 0.4) is 0 Å². The number of carboxylic acid groups (broad SMARTS) is 3. The van der Waals surface area contributed by atoms with Gasteiger partial charge in [-0.05, 0) is 46.0 Å². The number of carbonyl (C=O) groups excluding carboxylic acids is 9. The molecule has 0 radical (unpaired) electrons. The number of fused-ring (bicyclic) bond motifs is 3. The lowest BCUT2D eigenvalue weighted by Gasteiger charge is -2.29. The summed E-state index contributed by atoms with van der Waals surface area (Å²) in [6.45, 7) is 13.4. The van der Waals surface area contributed by atoms with Crippen molar-refractivity contribution in [1.82, 2.24) is 0 Å². The first-order valence-corrected chi connectivity index (χ1v) is 24.0. The van der Waals surface area contributed by atoms with Crippen LogP contribution < -0.4 is 0 Å². The van der Waals surface area contributed by atoms with Crippen molar-refractivity contribution in [1.29, 1.82) is 0 Å². The van der Waals surface area contributed by atoms with E-state index < -0.39 is 168 Å². The van der Waals surface area contributed by atoms with Crippen LogP contribution in [0.1, 0.15) is 65.2 Å². The van der Waals surface area contributed by atoms with Crippen LogP contribution >= 0.6 is 0 Å². The highest BCUT2D eigenvalue weighted by Crippen LogP contribution is 2.60. The molecule has 5 aliphatic heterocycles. The van der Waals surface area contributed by atoms with Gasteiger partial charge in [0.1, 0.15) is 48.5 Å². The first-order valence-electron chi connectivity index (χ1n) is 24.0. The van der Waals surface area contributed by atoms with Crippen LogP contribution in [0.15, 0.2) is 37.0 Å². The van der Waals surface area contributed by atoms with E-state index in [1.807, 2.05) is 0 Å². The number of esters is 9. The predicted molar refractivity (Wildman–Crippen MR) is 235 cm³/mol. The van der Waals surface area contributed by atoms with Gasteiger partial charge in [0.2, 0.25) is 0 Å². The molecule has 9 fully saturated rings. The van der Waals surface area contributed by atoms with E-state index in [0.29, 0.717) is 12.8 Å². The molecule has 5 heterocycles. The van der Waals surface area contributed by atoms with Crippen molar-refractivity contribution in [3.63, 3.8) is 0 Å². The minimum Gasteiger partial charge on any atom is -0.481 e. The lowest BCUT2D eigenvalue weighted by Crippen LogP contribution is -2.47. The van der Waals surface area contributed by atoms with E-state index in [4.69, 9.17) is 47.4 Å². The molecule has 74 heavy (non-hydrogen) atoms. The monoisotopic (exact) mass is 1040 g/mol. The van der Waals surface area contributed by atoms with Crippen molar-refractivity contribution in [3.8, 4) is 0 Å². The molecule has 6 bridgehead atoms. The minimum atomic E-state index is -1.18. The molecule has 3 N–H and O–H groups in total. The van der Waals surface area contributed by atoms with Gasteiger partial charge in [-0.25, -0.2) is 14.4 Å². The molecule has 4 aliphatic carbocycles. The quantitative estimate of drug-likeness (QED) is 0.0620. The van der Waals surface area contributed by atoms with Crippen molar-refractivity contribution in [2.24, 2.45) is 59.2 Å². The van der Waals surface area contributed by atoms with Crippen molar-refractivity contribution < 1.29 is 120 Å². The number of carbonyl (C=O) groups is 12. The van der Waals surface area contributed by atoms with Crippen LogP contribution in [0.4, 0.5) is 0 Å². The van der Waals surface area contributed by atoms with Crippen molar-refractivity contribution in [3.05, 3.63) is 37.0 Å². The largest absolute Gasteiger partial charge is 0.481 e. The first kappa shape index (κ1) is 54.6. The number of aliphatic carboxylic acids is 3. The Hall–Kier alpha value is -7.18. The number of hydrogen-bond acceptors (Lipinski definition) is 22. The van der Waals surface area contributed by atoms with Crippen LogP contribution in [-0.4, -0.2) is 156 Å². The van der Waals surface area contributed by atoms with E-state index in [9.17, 15) is 72.9 Å². The topological polar surface area (TPSA) is 358 Å². The van der Waals surface area contributed by atoms with Gasteiger partial charge in [0, 0.05) is 60.2 Å². The van der Waals surface area contributed by atoms with Gasteiger partial charge >= 0.3 is 71.6 Å². The molecule has 9 aliphatic rings. The van der Waals surface area contributed by atoms with Crippen LogP contribution in [0.2, 0.25) is 0 Å². The zero-order valence-electron chi connectivity index (χ0n) is 40.2. The van der Waals surface area contributed by atoms with Crippen molar-refractivity contribution >= 4 is 71.6 Å². The van der Waals surface area contributed by atoms with Crippen LogP contribution in [0, 0.1) is 59.2 Å². The Labute approximate surface area is 421 Å². The summed E-state index contributed by atoms with van der Waals surface area (Å²) in [5.74, 6) is -14.2. The first-order chi connectivity index (χ1) is 35.0. The zero-order chi connectivity index (χ0) is 54.0. The molecule has 0 amide bonds. The molecule has 25 heteroatoms. The minimum absolute atomic E-state index is 0.0270. The smallest absolute Gasteiger partial charge is 0.333 e. The fraction of sp³-hybridized carbons (Fsp3) is 0.633. The number of ether oxygens (including phenoxy) is 10. The second-order valence-corrected chi connectivity index (χ2v) is 19.4. The van der Waals surface area contributed by atoms with Gasteiger partial charge < -0.3 is 62.7 Å². The fourth-order valence-corrected chi connectivity index (χ4v) is 11.8. The second-order valence-electron chi connectivity index (χ2n) is 19.4. The van der Waals surface area contributed by atoms with Gasteiger partial charge in [-0.3, -0.25) is 43.2 Å². The molecule has 402 valence electrons. The summed E-state index contributed by atoms with van der Waals surface area (Å²) >= 11 is 0. The van der Waals surface area contributed by atoms with Crippen LogP contribution in [0.5, 0.6) is 0 Å². The molecule has 5 saturated heterocycles. The van der Waals surface area contributed by atoms with E-state index in [1.54, 1.807) is 0 Å². The summed E-state index contributed by atoms with van der Waals surface area (Å²) in [4.78, 5) is 139. The Morgan fingerprint density at radius 2 is 0.892 bits per heavy atom. The third kappa shape index (κ3) is 10.9. The predicted octanol–water partition coefficient (Wildman–Crippen LogP) is 0.811. The van der Waals surface area contributed by atoms with E-state index in [1.165, 1.54) is 13.8 Å². The highest BCUT2D eigenvalue weighted by Gasteiger charge is 2.73. The zero-order valence-corrected chi connectivity index (χ0v) is 40.2. The van der Waals surface area contributed by atoms with Crippen molar-refractivity contribution in [2.75, 3.05) is 19.8 Å². The SMILES string of the molecule is C=C(C)C(=O)OCCCC(=O)OC1C2CC3C1OC(=O)C3C2C(=O)O.C=C(C)C(=O)OCCCC(=O)OC1C2OC(=O)C3C2OC1C3C(=O)O.C=CC(=O)OCCCC(=O)OC1C2CC3C1OC(=O)C3C2C(=O)O. The Bertz CT molecular complexity index is 2280. The molecule has 0 aromatic heterocycles. The standard InChI is InChI=1S/C17H20O8.C16H18O9.C16H18O8/c1-7(2)16(21)23-5-3-4-10(18)24-13-8-6-9-12(11(8)15(19)20)17(22)25-14(9)13;1-6(2)15(20)22-5-3-4-7(17)23-12-10-8(14(18)19)9-11(24-10)13(12)25-16(9)21;1-2-9(17)22-5-3-4-10(18)23-13-7-6-8-12(11(7)15(19)20)16(21)24-14(8)13/h8-9,11-14H,1,3-6H2,2H3,(H,19,20);8-13H,1,3-5H2,2H3,(H,18,19);2,7-8,11-14H,1,3-6H2,(H,19,20). The highest BCUT2D eigenvalue weighted by atomic mass is 16.7. The van der Waals surface area contributed by atoms with Crippen LogP contribution in [-0.2, 0) is 105 Å². The van der Waals surface area contributed by atoms with Gasteiger partial charge in [0.25, 0.3) is 0 Å². The van der Waals surface area contributed by atoms with Gasteiger partial charge in [-0.15, -0.1) is 0 Å². The summed E-state index contributed by atoms with van der Waals surface area (Å²) in [7, 11) is 0. The Morgan fingerprint density at radius 1 is 0.514 bits per heavy atom. The molecular weight excluding hydrogens is 989 g/mol. The van der Waals surface area contributed by atoms with E-state index in [2.05, 4.69) is 19.7 Å². The molecule has 0 spiro atoms. The molecule has 0 aromatic rings. The lowest BCUT2D eigenvalue weighted by molar-refractivity contribution is -0.164. The van der Waals surface area contributed by atoms with E-state index in [0.717, 1.165) is 6.08 Å². The van der Waals surface area contributed by atoms with E-state index in [-0.39, 0.29) is 81.3 Å². The summed E-state index contributed by atoms with van der Waals surface area (Å²) in [5, 5.41) is 28.1. The van der Waals surface area contributed by atoms with E-state index >= 15 is 0 Å². The highest BCUT2D eigenvalue weighted by molar-refractivity contribution is 5.89. The van der Waals surface area contributed by atoms with Gasteiger partial charge in [-0.2, -0.15) is 0 Å². The lowest BCUT2D eigenvalue weighted by atomic mass is 9.78.